The van der Waals surface area contributed by atoms with Gasteiger partial charge in [-0.3, -0.25) is 0 Å². The Labute approximate surface area is 135 Å². The molecule has 0 saturated carbocycles. The Morgan fingerprint density at radius 2 is 2.09 bits per heavy atom. The fourth-order valence-corrected chi connectivity index (χ4v) is 2.51. The van der Waals surface area contributed by atoms with E-state index in [1.165, 1.54) is 5.56 Å². The molecule has 5 heteroatoms. The monoisotopic (exact) mass is 314 g/mol. The van der Waals surface area contributed by atoms with Gasteiger partial charge in [-0.2, -0.15) is 0 Å². The maximum Gasteiger partial charge on any atom is 0.160 e. The van der Waals surface area contributed by atoms with Crippen LogP contribution >= 0.6 is 11.6 Å². The van der Waals surface area contributed by atoms with E-state index in [1.54, 1.807) is 6.20 Å². The van der Waals surface area contributed by atoms with Crippen molar-refractivity contribution in [3.05, 3.63) is 53.6 Å². The summed E-state index contributed by atoms with van der Waals surface area (Å²) in [5.74, 6) is 0.780. The van der Waals surface area contributed by atoms with E-state index in [2.05, 4.69) is 42.1 Å². The Hall–Kier alpha value is -2.07. The van der Waals surface area contributed by atoms with Crippen LogP contribution in [0, 0.1) is 0 Å². The number of imidazole rings is 1. The van der Waals surface area contributed by atoms with Gasteiger partial charge >= 0.3 is 0 Å². The zero-order chi connectivity index (χ0) is 15.7. The summed E-state index contributed by atoms with van der Waals surface area (Å²) in [6.45, 7) is 6.64. The molecule has 0 unspecified atom stereocenters. The Kier molecular flexibility index (Phi) is 3.79. The summed E-state index contributed by atoms with van der Waals surface area (Å²) in [6, 6.07) is 5.97. The number of nitrogens with one attached hydrogen (secondary N) is 1. The van der Waals surface area contributed by atoms with E-state index in [0.717, 1.165) is 23.6 Å². The van der Waals surface area contributed by atoms with Gasteiger partial charge in [0.1, 0.15) is 5.82 Å². The summed E-state index contributed by atoms with van der Waals surface area (Å²) < 4.78 is 1.89. The molecule has 0 aliphatic rings. The third kappa shape index (κ3) is 2.79. The number of halogens is 1. The number of pyridine rings is 2. The Bertz CT molecular complexity index is 790. The minimum Gasteiger partial charge on any atom is -0.337 e. The van der Waals surface area contributed by atoms with Gasteiger partial charge in [0, 0.05) is 24.8 Å². The molecule has 0 amide bonds. The first-order chi connectivity index (χ1) is 10.5. The highest BCUT2D eigenvalue weighted by atomic mass is 35.5. The molecule has 0 bridgehead atoms. The van der Waals surface area contributed by atoms with E-state index in [1.807, 2.05) is 35.1 Å². The largest absolute Gasteiger partial charge is 0.337 e. The molecule has 0 fully saturated rings. The maximum absolute atomic E-state index is 6.14. The van der Waals surface area contributed by atoms with Crippen LogP contribution in [0.2, 0.25) is 5.02 Å². The van der Waals surface area contributed by atoms with Crippen molar-refractivity contribution in [1.29, 1.82) is 0 Å². The third-order valence-corrected chi connectivity index (χ3v) is 4.35. The molecule has 114 valence electrons. The van der Waals surface area contributed by atoms with Crippen LogP contribution < -0.4 is 5.32 Å². The summed E-state index contributed by atoms with van der Waals surface area (Å²) in [5, 5.41) is 3.94. The van der Waals surface area contributed by atoms with Crippen molar-refractivity contribution in [3.63, 3.8) is 0 Å². The van der Waals surface area contributed by atoms with Gasteiger partial charge in [0.15, 0.2) is 5.65 Å². The minimum atomic E-state index is 0.137. The molecule has 0 spiro atoms. The van der Waals surface area contributed by atoms with Crippen LogP contribution in [0.25, 0.3) is 5.65 Å². The number of rotatable bonds is 4. The highest BCUT2D eigenvalue weighted by Gasteiger charge is 2.18. The van der Waals surface area contributed by atoms with Crippen molar-refractivity contribution >= 4 is 28.8 Å². The lowest BCUT2D eigenvalue weighted by atomic mass is 9.83. The predicted molar refractivity (Wildman–Crippen MR) is 91.0 cm³/mol. The first kappa shape index (κ1) is 14.9. The SMILES string of the molecule is CCC(C)(C)c1ccc(Nc2cc(Cl)cn3ccnc23)nc1. The molecule has 3 aromatic rings. The average Bonchev–Trinajstić information content (AvgIpc) is 2.96. The van der Waals surface area contributed by atoms with Gasteiger partial charge in [0.2, 0.25) is 0 Å². The lowest BCUT2D eigenvalue weighted by molar-refractivity contribution is 0.504. The molecule has 3 aromatic heterocycles. The van der Waals surface area contributed by atoms with Gasteiger partial charge in [-0.15, -0.1) is 0 Å². The highest BCUT2D eigenvalue weighted by Crippen LogP contribution is 2.28. The lowest BCUT2D eigenvalue weighted by Crippen LogP contribution is -2.15. The molecule has 0 atom stereocenters. The molecule has 0 saturated heterocycles. The second-order valence-electron chi connectivity index (χ2n) is 6.02. The number of nitrogens with zero attached hydrogens (tertiary/aromatic N) is 3. The van der Waals surface area contributed by atoms with Crippen LogP contribution in [0.5, 0.6) is 0 Å². The number of aromatic nitrogens is 3. The van der Waals surface area contributed by atoms with Crippen molar-refractivity contribution < 1.29 is 0 Å². The summed E-state index contributed by atoms with van der Waals surface area (Å²) in [6.07, 6.45) is 8.45. The van der Waals surface area contributed by atoms with Gasteiger partial charge in [-0.25, -0.2) is 9.97 Å². The Morgan fingerprint density at radius 1 is 1.27 bits per heavy atom. The van der Waals surface area contributed by atoms with E-state index < -0.39 is 0 Å². The Balaban J connectivity index is 1.91. The average molecular weight is 315 g/mol. The number of hydrogen-bond donors (Lipinski definition) is 1. The lowest BCUT2D eigenvalue weighted by Gasteiger charge is -2.22. The molecule has 3 rings (SSSR count). The van der Waals surface area contributed by atoms with E-state index >= 15 is 0 Å². The van der Waals surface area contributed by atoms with Crippen LogP contribution in [0.15, 0.2) is 43.0 Å². The summed E-state index contributed by atoms with van der Waals surface area (Å²) in [4.78, 5) is 8.86. The predicted octanol–water partition coefficient (Wildman–Crippen LogP) is 4.81. The van der Waals surface area contributed by atoms with Crippen molar-refractivity contribution in [2.45, 2.75) is 32.6 Å². The maximum atomic E-state index is 6.14. The van der Waals surface area contributed by atoms with Crippen LogP contribution in [-0.2, 0) is 5.41 Å². The molecular formula is C17H19ClN4. The standard InChI is InChI=1S/C17H19ClN4/c1-4-17(2,3)12-5-6-15(20-10-12)21-14-9-13(18)11-22-8-7-19-16(14)22/h5-11H,4H2,1-3H3,(H,20,21). The molecular weight excluding hydrogens is 296 g/mol. The molecule has 4 nitrogen and oxygen atoms in total. The van der Waals surface area contributed by atoms with Crippen molar-refractivity contribution in [2.24, 2.45) is 0 Å². The van der Waals surface area contributed by atoms with Gasteiger partial charge in [-0.1, -0.05) is 38.4 Å². The zero-order valence-corrected chi connectivity index (χ0v) is 13.7. The minimum absolute atomic E-state index is 0.137. The zero-order valence-electron chi connectivity index (χ0n) is 13.0. The fourth-order valence-electron chi connectivity index (χ4n) is 2.30. The summed E-state index contributed by atoms with van der Waals surface area (Å²) in [5.41, 5.74) is 3.03. The third-order valence-electron chi connectivity index (χ3n) is 4.15. The van der Waals surface area contributed by atoms with Crippen LogP contribution in [-0.4, -0.2) is 14.4 Å². The van der Waals surface area contributed by atoms with Crippen LogP contribution in [0.1, 0.15) is 32.8 Å². The number of fused-ring (bicyclic) bond motifs is 1. The molecule has 1 N–H and O–H groups in total. The smallest absolute Gasteiger partial charge is 0.160 e. The van der Waals surface area contributed by atoms with Gasteiger partial charge < -0.3 is 9.72 Å². The van der Waals surface area contributed by atoms with E-state index in [9.17, 15) is 0 Å². The molecule has 22 heavy (non-hydrogen) atoms. The summed E-state index contributed by atoms with van der Waals surface area (Å²) in [7, 11) is 0. The van der Waals surface area contributed by atoms with Crippen LogP contribution in [0.4, 0.5) is 11.5 Å². The highest BCUT2D eigenvalue weighted by molar-refractivity contribution is 6.30. The molecule has 0 aliphatic carbocycles. The number of anilines is 2. The van der Waals surface area contributed by atoms with Crippen molar-refractivity contribution in [2.75, 3.05) is 5.32 Å². The normalized spacial score (nSPS) is 11.8. The van der Waals surface area contributed by atoms with Crippen molar-refractivity contribution in [1.82, 2.24) is 14.4 Å². The van der Waals surface area contributed by atoms with Gasteiger partial charge in [0.05, 0.1) is 10.7 Å². The van der Waals surface area contributed by atoms with Crippen molar-refractivity contribution in [3.8, 4) is 0 Å². The topological polar surface area (TPSA) is 42.2 Å². The quantitative estimate of drug-likeness (QED) is 0.751. The second kappa shape index (κ2) is 5.61. The Morgan fingerprint density at radius 3 is 2.77 bits per heavy atom. The van der Waals surface area contributed by atoms with Gasteiger partial charge in [-0.05, 0) is 29.5 Å². The first-order valence-electron chi connectivity index (χ1n) is 7.35. The van der Waals surface area contributed by atoms with E-state index in [0.29, 0.717) is 5.02 Å². The molecule has 0 aromatic carbocycles. The molecule has 0 aliphatic heterocycles. The second-order valence-corrected chi connectivity index (χ2v) is 6.46. The number of hydrogen-bond acceptors (Lipinski definition) is 3. The fraction of sp³-hybridized carbons (Fsp3) is 0.294. The van der Waals surface area contributed by atoms with E-state index in [4.69, 9.17) is 11.6 Å². The molecule has 3 heterocycles. The van der Waals surface area contributed by atoms with Crippen LogP contribution in [0.3, 0.4) is 0 Å². The summed E-state index contributed by atoms with van der Waals surface area (Å²) >= 11 is 6.14. The first-order valence-corrected chi connectivity index (χ1v) is 7.73. The van der Waals surface area contributed by atoms with Gasteiger partial charge in [0.25, 0.3) is 0 Å². The van der Waals surface area contributed by atoms with E-state index in [-0.39, 0.29) is 5.41 Å². The molecule has 0 radical (unpaired) electrons.